The molecule has 1 unspecified atom stereocenters. The van der Waals surface area contributed by atoms with Crippen LogP contribution in [0.25, 0.3) is 0 Å². The van der Waals surface area contributed by atoms with E-state index in [4.69, 9.17) is 5.73 Å². The number of carbonyl (C=O) groups excluding carboxylic acids is 2. The van der Waals surface area contributed by atoms with Crippen LogP contribution in [0.1, 0.15) is 28.8 Å². The van der Waals surface area contributed by atoms with E-state index in [-0.39, 0.29) is 17.9 Å². The van der Waals surface area contributed by atoms with Crippen molar-refractivity contribution in [3.05, 3.63) is 29.3 Å². The fourth-order valence-electron chi connectivity index (χ4n) is 3.10. The Hall–Kier alpha value is -2.04. The van der Waals surface area contributed by atoms with Gasteiger partial charge in [0.2, 0.25) is 5.91 Å². The van der Waals surface area contributed by atoms with Gasteiger partial charge in [0.05, 0.1) is 0 Å². The molecular weight excluding hydrogens is 254 g/mol. The average molecular weight is 273 g/mol. The average Bonchev–Trinajstić information content (AvgIpc) is 2.82. The van der Waals surface area contributed by atoms with E-state index in [0.717, 1.165) is 12.0 Å². The zero-order chi connectivity index (χ0) is 14.3. The summed E-state index contributed by atoms with van der Waals surface area (Å²) in [6.45, 7) is 3.77. The van der Waals surface area contributed by atoms with Crippen LogP contribution < -0.4 is 5.73 Å². The Bertz CT molecular complexity index is 570. The van der Waals surface area contributed by atoms with E-state index in [2.05, 4.69) is 0 Å². The van der Waals surface area contributed by atoms with Crippen LogP contribution in [0.15, 0.2) is 18.2 Å². The van der Waals surface area contributed by atoms with Gasteiger partial charge in [0.25, 0.3) is 5.91 Å². The zero-order valence-corrected chi connectivity index (χ0v) is 11.6. The molecule has 2 amide bonds. The highest BCUT2D eigenvalue weighted by atomic mass is 16.2. The van der Waals surface area contributed by atoms with Gasteiger partial charge in [-0.25, -0.2) is 0 Å². The first kappa shape index (κ1) is 13.0. The third kappa shape index (κ3) is 2.03. The van der Waals surface area contributed by atoms with Crippen molar-refractivity contribution < 1.29 is 9.59 Å². The molecule has 20 heavy (non-hydrogen) atoms. The van der Waals surface area contributed by atoms with Crippen molar-refractivity contribution in [3.63, 3.8) is 0 Å². The molecule has 5 nitrogen and oxygen atoms in total. The van der Waals surface area contributed by atoms with Crippen LogP contribution in [0, 0.1) is 6.92 Å². The summed E-state index contributed by atoms with van der Waals surface area (Å²) in [6.07, 6.45) is 1.47. The normalized spacial score (nSPS) is 22.1. The zero-order valence-electron chi connectivity index (χ0n) is 11.6. The SMILES string of the molecule is Cc1c(N)cccc1C(=O)N1CCN2C(=O)CCC2C1. The lowest BCUT2D eigenvalue weighted by Crippen LogP contribution is -2.53. The third-order valence-corrected chi connectivity index (χ3v) is 4.39. The molecule has 2 N–H and O–H groups in total. The van der Waals surface area contributed by atoms with Crippen molar-refractivity contribution >= 4 is 17.5 Å². The van der Waals surface area contributed by atoms with E-state index in [1.54, 1.807) is 6.07 Å². The van der Waals surface area contributed by atoms with Gasteiger partial charge >= 0.3 is 0 Å². The second-order valence-corrected chi connectivity index (χ2v) is 5.55. The Labute approximate surface area is 118 Å². The number of carbonyl (C=O) groups is 2. The standard InChI is InChI=1S/C15H19N3O2/c1-10-12(3-2-4-13(10)16)15(20)17-7-8-18-11(9-17)5-6-14(18)19/h2-4,11H,5-9,16H2,1H3. The van der Waals surface area contributed by atoms with Crippen LogP contribution in [0.3, 0.4) is 0 Å². The second-order valence-electron chi connectivity index (χ2n) is 5.55. The summed E-state index contributed by atoms with van der Waals surface area (Å²) in [7, 11) is 0. The van der Waals surface area contributed by atoms with Crippen molar-refractivity contribution in [2.45, 2.75) is 25.8 Å². The minimum Gasteiger partial charge on any atom is -0.398 e. The van der Waals surface area contributed by atoms with Crippen molar-refractivity contribution in [2.75, 3.05) is 25.4 Å². The molecule has 2 aliphatic rings. The summed E-state index contributed by atoms with van der Waals surface area (Å²) in [5.41, 5.74) is 8.02. The first-order valence-electron chi connectivity index (χ1n) is 7.02. The number of nitrogens with two attached hydrogens (primary N) is 1. The molecule has 2 fully saturated rings. The number of nitrogens with zero attached hydrogens (tertiary/aromatic N) is 2. The van der Waals surface area contributed by atoms with E-state index in [1.165, 1.54) is 0 Å². The molecule has 0 saturated carbocycles. The number of nitrogen functional groups attached to an aromatic ring is 1. The molecule has 0 aromatic heterocycles. The minimum absolute atomic E-state index is 0.0220. The largest absolute Gasteiger partial charge is 0.398 e. The molecule has 1 atom stereocenters. The van der Waals surface area contributed by atoms with Crippen LogP contribution in [0.4, 0.5) is 5.69 Å². The predicted molar refractivity (Wildman–Crippen MR) is 76.2 cm³/mol. The number of benzene rings is 1. The van der Waals surface area contributed by atoms with Gasteiger partial charge in [-0.2, -0.15) is 0 Å². The summed E-state index contributed by atoms with van der Waals surface area (Å²) in [5.74, 6) is 0.246. The summed E-state index contributed by atoms with van der Waals surface area (Å²) in [5, 5.41) is 0. The monoisotopic (exact) mass is 273 g/mol. The lowest BCUT2D eigenvalue weighted by atomic mass is 10.0. The summed E-state index contributed by atoms with van der Waals surface area (Å²) < 4.78 is 0. The van der Waals surface area contributed by atoms with E-state index in [1.807, 2.05) is 28.9 Å². The molecule has 106 valence electrons. The van der Waals surface area contributed by atoms with Crippen molar-refractivity contribution in [1.29, 1.82) is 0 Å². The topological polar surface area (TPSA) is 66.6 Å². The molecule has 0 spiro atoms. The number of rotatable bonds is 1. The van der Waals surface area contributed by atoms with Gasteiger partial charge in [0, 0.05) is 43.3 Å². The summed E-state index contributed by atoms with van der Waals surface area (Å²) in [6, 6.07) is 5.63. The molecule has 3 rings (SSSR count). The Morgan fingerprint density at radius 1 is 1.35 bits per heavy atom. The van der Waals surface area contributed by atoms with Crippen molar-refractivity contribution in [2.24, 2.45) is 0 Å². The Kier molecular flexibility index (Phi) is 3.12. The van der Waals surface area contributed by atoms with Crippen LogP contribution in [-0.4, -0.2) is 47.3 Å². The molecule has 0 aliphatic carbocycles. The van der Waals surface area contributed by atoms with Gasteiger partial charge in [-0.05, 0) is 31.0 Å². The Morgan fingerprint density at radius 2 is 2.15 bits per heavy atom. The smallest absolute Gasteiger partial charge is 0.254 e. The Morgan fingerprint density at radius 3 is 2.95 bits per heavy atom. The van der Waals surface area contributed by atoms with E-state index >= 15 is 0 Å². The van der Waals surface area contributed by atoms with Crippen molar-refractivity contribution in [1.82, 2.24) is 9.80 Å². The highest BCUT2D eigenvalue weighted by Crippen LogP contribution is 2.25. The number of fused-ring (bicyclic) bond motifs is 1. The molecular formula is C15H19N3O2. The first-order valence-corrected chi connectivity index (χ1v) is 7.02. The fourth-order valence-corrected chi connectivity index (χ4v) is 3.10. The maximum atomic E-state index is 12.6. The number of hydrogen-bond donors (Lipinski definition) is 1. The maximum absolute atomic E-state index is 12.6. The number of piperazine rings is 1. The van der Waals surface area contributed by atoms with Crippen LogP contribution >= 0.6 is 0 Å². The number of anilines is 1. The summed E-state index contributed by atoms with van der Waals surface area (Å²) >= 11 is 0. The van der Waals surface area contributed by atoms with Gasteiger partial charge in [0.1, 0.15) is 0 Å². The molecule has 2 heterocycles. The lowest BCUT2D eigenvalue weighted by Gasteiger charge is -2.37. The van der Waals surface area contributed by atoms with Crippen LogP contribution in [0.5, 0.6) is 0 Å². The Balaban J connectivity index is 1.79. The van der Waals surface area contributed by atoms with Crippen LogP contribution in [0.2, 0.25) is 0 Å². The summed E-state index contributed by atoms with van der Waals surface area (Å²) in [4.78, 5) is 28.0. The first-order chi connectivity index (χ1) is 9.58. The quantitative estimate of drug-likeness (QED) is 0.777. The molecule has 2 aliphatic heterocycles. The van der Waals surface area contributed by atoms with Crippen molar-refractivity contribution in [3.8, 4) is 0 Å². The lowest BCUT2D eigenvalue weighted by molar-refractivity contribution is -0.130. The highest BCUT2D eigenvalue weighted by Gasteiger charge is 2.37. The molecule has 5 heteroatoms. The number of hydrogen-bond acceptors (Lipinski definition) is 3. The fraction of sp³-hybridized carbons (Fsp3) is 0.467. The van der Waals surface area contributed by atoms with E-state index in [9.17, 15) is 9.59 Å². The number of amides is 2. The molecule has 2 saturated heterocycles. The molecule has 0 radical (unpaired) electrons. The molecule has 1 aromatic carbocycles. The predicted octanol–water partition coefficient (Wildman–Crippen LogP) is 1.02. The van der Waals surface area contributed by atoms with Gasteiger partial charge in [-0.3, -0.25) is 9.59 Å². The van der Waals surface area contributed by atoms with Crippen LogP contribution in [-0.2, 0) is 4.79 Å². The minimum atomic E-state index is 0.0220. The van der Waals surface area contributed by atoms with Gasteiger partial charge < -0.3 is 15.5 Å². The highest BCUT2D eigenvalue weighted by molar-refractivity contribution is 5.97. The van der Waals surface area contributed by atoms with E-state index in [0.29, 0.717) is 37.3 Å². The van der Waals surface area contributed by atoms with Gasteiger partial charge in [-0.1, -0.05) is 6.07 Å². The van der Waals surface area contributed by atoms with E-state index < -0.39 is 0 Å². The van der Waals surface area contributed by atoms with Gasteiger partial charge in [0.15, 0.2) is 0 Å². The maximum Gasteiger partial charge on any atom is 0.254 e. The molecule has 0 bridgehead atoms. The van der Waals surface area contributed by atoms with Gasteiger partial charge in [-0.15, -0.1) is 0 Å². The third-order valence-electron chi connectivity index (χ3n) is 4.39. The molecule has 1 aromatic rings. The second kappa shape index (κ2) is 4.81.